The van der Waals surface area contributed by atoms with Gasteiger partial charge in [0.05, 0.1) is 13.2 Å². The molecule has 1 N–H and O–H groups in total. The van der Waals surface area contributed by atoms with Crippen LogP contribution in [0.25, 0.3) is 0 Å². The summed E-state index contributed by atoms with van der Waals surface area (Å²) in [5.41, 5.74) is 0. The first-order valence-electron chi connectivity index (χ1n) is 9.07. The molecule has 4 fully saturated rings. The van der Waals surface area contributed by atoms with Crippen LogP contribution >= 0.6 is 0 Å². The molecule has 4 rings (SSSR count). The van der Waals surface area contributed by atoms with E-state index in [2.05, 4.69) is 5.32 Å². The van der Waals surface area contributed by atoms with E-state index < -0.39 is 5.79 Å². The molecule has 124 valence electrons. The van der Waals surface area contributed by atoms with E-state index >= 15 is 0 Å². The lowest BCUT2D eigenvalue weighted by Gasteiger charge is -2.38. The Bertz CT molecular complexity index is 408. The number of nitrogens with zero attached hydrogens (tertiary/aromatic N) is 1. The number of carbonyl (C=O) groups is 1. The van der Waals surface area contributed by atoms with E-state index in [1.165, 1.54) is 32.1 Å². The zero-order chi connectivity index (χ0) is 15.0. The van der Waals surface area contributed by atoms with E-state index in [0.717, 1.165) is 44.2 Å². The van der Waals surface area contributed by atoms with Crippen LogP contribution in [0, 0.1) is 11.8 Å². The SMILES string of the molecule is O=C(N[C@@H]1CCC[C@@H](C2CC2)C1)N1CCC2(CC1)OCCO2. The smallest absolute Gasteiger partial charge is 0.317 e. The topological polar surface area (TPSA) is 50.8 Å². The van der Waals surface area contributed by atoms with E-state index in [4.69, 9.17) is 9.47 Å². The van der Waals surface area contributed by atoms with Gasteiger partial charge in [-0.1, -0.05) is 12.8 Å². The molecule has 5 heteroatoms. The maximum Gasteiger partial charge on any atom is 0.317 e. The Morgan fingerprint density at radius 2 is 1.73 bits per heavy atom. The van der Waals surface area contributed by atoms with Crippen molar-refractivity contribution in [3.8, 4) is 0 Å². The number of urea groups is 1. The molecule has 2 heterocycles. The van der Waals surface area contributed by atoms with Gasteiger partial charge in [0.2, 0.25) is 0 Å². The molecule has 2 atom stereocenters. The predicted molar refractivity (Wildman–Crippen MR) is 82.4 cm³/mol. The second-order valence-electron chi connectivity index (χ2n) is 7.51. The molecule has 2 aliphatic heterocycles. The lowest BCUT2D eigenvalue weighted by molar-refractivity contribution is -0.181. The van der Waals surface area contributed by atoms with Gasteiger partial charge in [0.1, 0.15) is 0 Å². The number of hydrogen-bond acceptors (Lipinski definition) is 3. The third-order valence-electron chi connectivity index (χ3n) is 5.96. The second-order valence-corrected chi connectivity index (χ2v) is 7.51. The fourth-order valence-corrected chi connectivity index (χ4v) is 4.46. The zero-order valence-corrected chi connectivity index (χ0v) is 13.4. The number of carbonyl (C=O) groups excluding carboxylic acids is 1. The molecule has 2 amide bonds. The number of amides is 2. The standard InChI is InChI=1S/C17H28N2O3/c20-16(18-15-3-1-2-14(12-15)13-4-5-13)19-8-6-17(7-9-19)21-10-11-22-17/h13-15H,1-12H2,(H,18,20)/t14-,15-/m1/s1. The highest BCUT2D eigenvalue weighted by atomic mass is 16.7. The van der Waals surface area contributed by atoms with Crippen LogP contribution in [0.3, 0.4) is 0 Å². The Balaban J connectivity index is 1.25. The highest BCUT2D eigenvalue weighted by Gasteiger charge is 2.41. The maximum atomic E-state index is 12.5. The Morgan fingerprint density at radius 3 is 2.41 bits per heavy atom. The van der Waals surface area contributed by atoms with E-state index in [1.54, 1.807) is 0 Å². The van der Waals surface area contributed by atoms with Gasteiger partial charge in [-0.2, -0.15) is 0 Å². The van der Waals surface area contributed by atoms with E-state index in [9.17, 15) is 4.79 Å². The fourth-order valence-electron chi connectivity index (χ4n) is 4.46. The molecule has 1 spiro atoms. The van der Waals surface area contributed by atoms with Gasteiger partial charge in [-0.15, -0.1) is 0 Å². The van der Waals surface area contributed by atoms with Gasteiger partial charge in [0, 0.05) is 32.0 Å². The number of piperidine rings is 1. The molecule has 0 aromatic rings. The van der Waals surface area contributed by atoms with E-state index in [0.29, 0.717) is 19.3 Å². The minimum atomic E-state index is -0.390. The molecule has 22 heavy (non-hydrogen) atoms. The van der Waals surface area contributed by atoms with Gasteiger partial charge in [-0.25, -0.2) is 4.79 Å². The maximum absolute atomic E-state index is 12.5. The Morgan fingerprint density at radius 1 is 1.00 bits per heavy atom. The van der Waals surface area contributed by atoms with Crippen molar-refractivity contribution in [2.45, 2.75) is 63.2 Å². The third-order valence-corrected chi connectivity index (χ3v) is 5.96. The average Bonchev–Trinajstić information content (AvgIpc) is 3.30. The highest BCUT2D eigenvalue weighted by Crippen LogP contribution is 2.44. The van der Waals surface area contributed by atoms with E-state index in [-0.39, 0.29) is 6.03 Å². The van der Waals surface area contributed by atoms with Gasteiger partial charge in [-0.05, 0) is 37.5 Å². The summed E-state index contributed by atoms with van der Waals surface area (Å²) in [6.07, 6.45) is 9.43. The zero-order valence-electron chi connectivity index (χ0n) is 13.4. The summed E-state index contributed by atoms with van der Waals surface area (Å²) in [7, 11) is 0. The quantitative estimate of drug-likeness (QED) is 0.853. The van der Waals surface area contributed by atoms with Crippen molar-refractivity contribution < 1.29 is 14.3 Å². The molecule has 2 aliphatic carbocycles. The highest BCUT2D eigenvalue weighted by molar-refractivity contribution is 5.74. The third kappa shape index (κ3) is 3.11. The lowest BCUT2D eigenvalue weighted by atomic mass is 9.83. The van der Waals surface area contributed by atoms with Crippen molar-refractivity contribution in [2.24, 2.45) is 11.8 Å². The predicted octanol–water partition coefficient (Wildman–Crippen LogP) is 2.50. The van der Waals surface area contributed by atoms with Crippen molar-refractivity contribution in [3.63, 3.8) is 0 Å². The minimum absolute atomic E-state index is 0.120. The molecule has 0 radical (unpaired) electrons. The van der Waals surface area contributed by atoms with Crippen LogP contribution in [-0.2, 0) is 9.47 Å². The number of nitrogens with one attached hydrogen (secondary N) is 1. The van der Waals surface area contributed by atoms with Crippen molar-refractivity contribution in [2.75, 3.05) is 26.3 Å². The molecular formula is C17H28N2O3. The van der Waals surface area contributed by atoms with Crippen LogP contribution in [-0.4, -0.2) is 49.1 Å². The fraction of sp³-hybridized carbons (Fsp3) is 0.941. The van der Waals surface area contributed by atoms with E-state index in [1.807, 2.05) is 4.90 Å². The second kappa shape index (κ2) is 6.00. The first kappa shape index (κ1) is 14.8. The number of ether oxygens (including phenoxy) is 2. The first-order valence-corrected chi connectivity index (χ1v) is 9.07. The van der Waals surface area contributed by atoms with Crippen molar-refractivity contribution in [1.82, 2.24) is 10.2 Å². The number of likely N-dealkylation sites (tertiary alicyclic amines) is 1. The van der Waals surface area contributed by atoms with Crippen LogP contribution in [0.1, 0.15) is 51.4 Å². The van der Waals surface area contributed by atoms with Crippen molar-refractivity contribution in [1.29, 1.82) is 0 Å². The summed E-state index contributed by atoms with van der Waals surface area (Å²) in [6.45, 7) is 2.86. The summed E-state index contributed by atoms with van der Waals surface area (Å²) < 4.78 is 11.5. The monoisotopic (exact) mass is 308 g/mol. The summed E-state index contributed by atoms with van der Waals surface area (Å²) in [6, 6.07) is 0.510. The van der Waals surface area contributed by atoms with Gasteiger partial charge < -0.3 is 19.7 Å². The van der Waals surface area contributed by atoms with Gasteiger partial charge in [0.15, 0.2) is 5.79 Å². The summed E-state index contributed by atoms with van der Waals surface area (Å²) in [5.74, 6) is 1.44. The van der Waals surface area contributed by atoms with Crippen LogP contribution in [0.15, 0.2) is 0 Å². The molecule has 2 saturated heterocycles. The average molecular weight is 308 g/mol. The Labute approximate surface area is 132 Å². The van der Waals surface area contributed by atoms with Gasteiger partial charge in [-0.3, -0.25) is 0 Å². The molecule has 5 nitrogen and oxygen atoms in total. The van der Waals surface area contributed by atoms with Gasteiger partial charge in [0.25, 0.3) is 0 Å². The molecule has 0 aromatic carbocycles. The molecule has 2 saturated carbocycles. The summed E-state index contributed by atoms with van der Waals surface area (Å²) >= 11 is 0. The normalized spacial score (nSPS) is 34.8. The van der Waals surface area contributed by atoms with Crippen LogP contribution in [0.5, 0.6) is 0 Å². The Hall–Kier alpha value is -0.810. The largest absolute Gasteiger partial charge is 0.347 e. The van der Waals surface area contributed by atoms with Crippen molar-refractivity contribution in [3.05, 3.63) is 0 Å². The molecular weight excluding hydrogens is 280 g/mol. The van der Waals surface area contributed by atoms with Crippen LogP contribution in [0.2, 0.25) is 0 Å². The summed E-state index contributed by atoms with van der Waals surface area (Å²) in [5, 5.41) is 3.29. The lowest BCUT2D eigenvalue weighted by Crippen LogP contribution is -2.52. The molecule has 0 bridgehead atoms. The number of rotatable bonds is 2. The van der Waals surface area contributed by atoms with Crippen molar-refractivity contribution >= 4 is 6.03 Å². The molecule has 4 aliphatic rings. The van der Waals surface area contributed by atoms with Gasteiger partial charge >= 0.3 is 6.03 Å². The Kier molecular flexibility index (Phi) is 4.03. The number of hydrogen-bond donors (Lipinski definition) is 1. The van der Waals surface area contributed by atoms with Crippen LogP contribution in [0.4, 0.5) is 4.79 Å². The minimum Gasteiger partial charge on any atom is -0.347 e. The molecule has 0 aromatic heterocycles. The first-order chi connectivity index (χ1) is 10.7. The molecule has 0 unspecified atom stereocenters. The van der Waals surface area contributed by atoms with Crippen LogP contribution < -0.4 is 5.32 Å². The summed E-state index contributed by atoms with van der Waals surface area (Å²) in [4.78, 5) is 14.4.